The van der Waals surface area contributed by atoms with Gasteiger partial charge in [0.15, 0.2) is 0 Å². The third-order valence-corrected chi connectivity index (χ3v) is 0. The molecule has 0 rings (SSSR count). The average molecular weight is 287 g/mol. The Bertz CT molecular complexity index is 6.00. The summed E-state index contributed by atoms with van der Waals surface area (Å²) in [4.78, 5) is 0. The van der Waals surface area contributed by atoms with Gasteiger partial charge >= 0.3 is 0 Å². The Morgan fingerprint density at radius 2 is 1.25 bits per heavy atom. The van der Waals surface area contributed by atoms with Crippen LogP contribution in [-0.2, 0) is 31.5 Å². The average Bonchev–Trinajstić information content (AvgIpc) is 0.918. The molecule has 0 N–H and O–H groups in total. The van der Waals surface area contributed by atoms with Crippen LogP contribution in [0.15, 0.2) is 0 Å². The second-order valence-corrected chi connectivity index (χ2v) is 0.525. The van der Waals surface area contributed by atoms with Crippen LogP contribution in [0.5, 0.6) is 0 Å². The van der Waals surface area contributed by atoms with E-state index in [0.29, 0.717) is 0 Å². The number of hydrogen-bond acceptors (Lipinski definition) is 1. The molecule has 0 radical (unpaired) electrons. The zero-order valence-electron chi connectivity index (χ0n) is 1.87. The van der Waals surface area contributed by atoms with Gasteiger partial charge in [-0.15, -0.1) is 0 Å². The van der Waals surface area contributed by atoms with Crippen LogP contribution in [0.1, 0.15) is 0 Å². The largest absolute Gasteiger partial charge is 0.166 e. The standard InChI is InChI=1S/Cl2O.Hg/c1-3-2;. The summed E-state index contributed by atoms with van der Waals surface area (Å²) in [6.07, 6.45) is 0. The molecule has 0 saturated carbocycles. The Morgan fingerprint density at radius 3 is 1.25 bits per heavy atom. The van der Waals surface area contributed by atoms with Crippen molar-refractivity contribution in [1.82, 2.24) is 0 Å². The maximum absolute atomic E-state index is 4.26. The van der Waals surface area contributed by atoms with Gasteiger partial charge in [-0.3, -0.25) is 0 Å². The Balaban J connectivity index is 0. The van der Waals surface area contributed by atoms with Crippen LogP contribution in [-0.4, -0.2) is 0 Å². The molecular formula is Cl2HgO. The third-order valence-electron chi connectivity index (χ3n) is 0. The van der Waals surface area contributed by atoms with Gasteiger partial charge in [-0.05, 0) is 0 Å². The molecule has 1 nitrogen and oxygen atoms in total. The molecule has 0 aromatic carbocycles. The summed E-state index contributed by atoms with van der Waals surface area (Å²) >= 11 is 8.53. The minimum Gasteiger partial charge on any atom is -0.166 e. The van der Waals surface area contributed by atoms with Crippen LogP contribution in [0.3, 0.4) is 0 Å². The van der Waals surface area contributed by atoms with E-state index in [1.165, 1.54) is 0 Å². The van der Waals surface area contributed by atoms with Gasteiger partial charge in [0.25, 0.3) is 0 Å². The minimum absolute atomic E-state index is 0. The van der Waals surface area contributed by atoms with Gasteiger partial charge in [-0.2, -0.15) is 3.84 Å². The number of hydrogen-bond donors (Lipinski definition) is 0. The SMILES string of the molecule is ClOCl.[Hg]. The molecule has 0 aliphatic rings. The fourth-order valence-electron chi connectivity index (χ4n) is 0. The van der Waals surface area contributed by atoms with Crippen LogP contribution < -0.4 is 0 Å². The normalized spacial score (nSPS) is 4.50. The summed E-state index contributed by atoms with van der Waals surface area (Å²) in [5, 5.41) is 0. The molecule has 0 bridgehead atoms. The maximum Gasteiger partial charge on any atom is 0.0832 e. The first-order valence-corrected chi connectivity index (χ1v) is 0.926. The second kappa shape index (κ2) is 8.82. The van der Waals surface area contributed by atoms with Crippen molar-refractivity contribution in [2.24, 2.45) is 0 Å². The minimum atomic E-state index is 0. The summed E-state index contributed by atoms with van der Waals surface area (Å²) in [6.45, 7) is 0. The summed E-state index contributed by atoms with van der Waals surface area (Å²) in [5.41, 5.74) is 0. The summed E-state index contributed by atoms with van der Waals surface area (Å²) in [7, 11) is 0. The molecule has 0 atom stereocenters. The predicted octanol–water partition coefficient (Wildman–Crippen LogP) is 1.31. The van der Waals surface area contributed by atoms with E-state index in [1.807, 2.05) is 0 Å². The smallest absolute Gasteiger partial charge is 0.0832 e. The first-order chi connectivity index (χ1) is 1.41. The fourth-order valence-corrected chi connectivity index (χ4v) is 0. The first-order valence-electron chi connectivity index (χ1n) is 0.309. The molecule has 0 unspecified atom stereocenters. The Kier molecular flexibility index (Phi) is 20.0. The molecule has 0 amide bonds. The molecule has 0 aliphatic carbocycles. The number of rotatable bonds is 0. The molecule has 0 heterocycles. The van der Waals surface area contributed by atoms with E-state index >= 15 is 0 Å². The molecule has 4 heteroatoms. The van der Waals surface area contributed by atoms with Crippen LogP contribution in [0.4, 0.5) is 0 Å². The van der Waals surface area contributed by atoms with Gasteiger partial charge in [0.2, 0.25) is 0 Å². The van der Waals surface area contributed by atoms with E-state index in [4.69, 9.17) is 0 Å². The molecule has 0 spiro atoms. The van der Waals surface area contributed by atoms with Crippen molar-refractivity contribution in [3.05, 3.63) is 0 Å². The molecule has 0 fully saturated rings. The van der Waals surface area contributed by atoms with Gasteiger partial charge in [0.05, 0.1) is 23.7 Å². The molecule has 0 aromatic heterocycles. The summed E-state index contributed by atoms with van der Waals surface area (Å²) in [6, 6.07) is 0. The molecule has 0 aromatic rings. The maximum atomic E-state index is 4.26. The van der Waals surface area contributed by atoms with E-state index in [-0.39, 0.29) is 27.7 Å². The van der Waals surface area contributed by atoms with Crippen molar-refractivity contribution in [3.8, 4) is 0 Å². The number of halogens is 2. The third kappa shape index (κ3) is 9.78. The first kappa shape index (κ1) is 9.08. The van der Waals surface area contributed by atoms with Gasteiger partial charge < -0.3 is 0 Å². The summed E-state index contributed by atoms with van der Waals surface area (Å²) < 4.78 is 3.19. The van der Waals surface area contributed by atoms with Gasteiger partial charge in [0.1, 0.15) is 0 Å². The van der Waals surface area contributed by atoms with Gasteiger partial charge in [0, 0.05) is 27.7 Å². The van der Waals surface area contributed by atoms with Crippen LogP contribution in [0.25, 0.3) is 0 Å². The van der Waals surface area contributed by atoms with E-state index in [0.717, 1.165) is 0 Å². The van der Waals surface area contributed by atoms with Crippen molar-refractivity contribution in [2.45, 2.75) is 0 Å². The monoisotopic (exact) mass is 288 g/mol. The van der Waals surface area contributed by atoms with E-state index < -0.39 is 0 Å². The quantitative estimate of drug-likeness (QED) is 0.611. The van der Waals surface area contributed by atoms with Crippen LogP contribution >= 0.6 is 23.7 Å². The van der Waals surface area contributed by atoms with Crippen LogP contribution in [0, 0.1) is 0 Å². The molecule has 4 heavy (non-hydrogen) atoms. The van der Waals surface area contributed by atoms with Crippen molar-refractivity contribution in [1.29, 1.82) is 0 Å². The predicted molar refractivity (Wildman–Crippen MR) is 12.8 cm³/mol. The van der Waals surface area contributed by atoms with Crippen LogP contribution in [0.2, 0.25) is 0 Å². The van der Waals surface area contributed by atoms with Gasteiger partial charge in [-0.1, -0.05) is 0 Å². The molecular weight excluding hydrogens is 287 g/mol. The Hall–Kier alpha value is 1.48. The van der Waals surface area contributed by atoms with Crippen molar-refractivity contribution in [3.63, 3.8) is 0 Å². The second-order valence-electron chi connectivity index (χ2n) is 0.0583. The van der Waals surface area contributed by atoms with Crippen molar-refractivity contribution in [2.75, 3.05) is 0 Å². The Morgan fingerprint density at radius 1 is 1.25 bits per heavy atom. The van der Waals surface area contributed by atoms with Crippen molar-refractivity contribution >= 4 is 23.7 Å². The van der Waals surface area contributed by atoms with Gasteiger partial charge in [-0.25, -0.2) is 0 Å². The summed E-state index contributed by atoms with van der Waals surface area (Å²) in [5.74, 6) is 0. The zero-order valence-corrected chi connectivity index (χ0v) is 8.88. The van der Waals surface area contributed by atoms with E-state index in [2.05, 4.69) is 27.6 Å². The Labute approximate surface area is 55.1 Å². The fraction of sp³-hybridized carbons (Fsp3) is 0. The molecule has 0 aliphatic heterocycles. The molecule has 0 saturated heterocycles. The zero-order chi connectivity index (χ0) is 2.71. The molecule has 22 valence electrons. The topological polar surface area (TPSA) is 9.23 Å². The van der Waals surface area contributed by atoms with Crippen molar-refractivity contribution < 1.29 is 31.5 Å². The van der Waals surface area contributed by atoms with E-state index in [9.17, 15) is 0 Å². The van der Waals surface area contributed by atoms with E-state index in [1.54, 1.807) is 0 Å².